The molecule has 0 fully saturated rings. The second kappa shape index (κ2) is 4.66. The summed E-state index contributed by atoms with van der Waals surface area (Å²) < 4.78 is 5.30. The zero-order valence-corrected chi connectivity index (χ0v) is 10.4. The Morgan fingerprint density at radius 1 is 1.19 bits per heavy atom. The Kier molecular flexibility index (Phi) is 3.25. The Morgan fingerprint density at radius 2 is 1.88 bits per heavy atom. The maximum absolute atomic E-state index is 11.5. The zero-order chi connectivity index (χ0) is 11.5. The molecule has 1 unspecified atom stereocenters. The van der Waals surface area contributed by atoms with E-state index < -0.39 is 0 Å². The van der Waals surface area contributed by atoms with Crippen LogP contribution in [0.3, 0.4) is 0 Å². The van der Waals surface area contributed by atoms with Crippen molar-refractivity contribution in [3.05, 3.63) is 42.5 Å². The first-order valence-electron chi connectivity index (χ1n) is 5.02. The molecule has 0 N–H and O–H groups in total. The van der Waals surface area contributed by atoms with E-state index >= 15 is 0 Å². The quantitative estimate of drug-likeness (QED) is 0.477. The van der Waals surface area contributed by atoms with Gasteiger partial charge >= 0.3 is 5.97 Å². The number of hydrogen-bond acceptors (Lipinski definition) is 2. The Balaban J connectivity index is 2.41. The number of alkyl halides is 1. The van der Waals surface area contributed by atoms with Crippen molar-refractivity contribution < 1.29 is 9.53 Å². The average molecular weight is 279 g/mol. The van der Waals surface area contributed by atoms with Crippen LogP contribution in [0.5, 0.6) is 5.75 Å². The van der Waals surface area contributed by atoms with Crippen molar-refractivity contribution in [2.45, 2.75) is 11.8 Å². The minimum atomic E-state index is -0.300. The van der Waals surface area contributed by atoms with Gasteiger partial charge in [0.2, 0.25) is 0 Å². The molecule has 0 aliphatic carbocycles. The standard InChI is InChI=1S/C13H11BrO2/c1-9(14)13(15)16-12-8-4-6-10-5-2-3-7-11(10)12/h2-9H,1H3. The van der Waals surface area contributed by atoms with Gasteiger partial charge < -0.3 is 4.74 Å². The first-order chi connectivity index (χ1) is 7.68. The molecule has 2 rings (SSSR count). The zero-order valence-electron chi connectivity index (χ0n) is 8.81. The number of esters is 1. The minimum Gasteiger partial charge on any atom is -0.425 e. The van der Waals surface area contributed by atoms with E-state index in [2.05, 4.69) is 15.9 Å². The third-order valence-corrected chi connectivity index (χ3v) is 2.66. The summed E-state index contributed by atoms with van der Waals surface area (Å²) >= 11 is 3.19. The predicted octanol–water partition coefficient (Wildman–Crippen LogP) is 3.53. The normalized spacial score (nSPS) is 12.4. The number of ether oxygens (including phenoxy) is 1. The number of fused-ring (bicyclic) bond motifs is 1. The molecule has 1 atom stereocenters. The third kappa shape index (κ3) is 2.25. The average Bonchev–Trinajstić information content (AvgIpc) is 2.29. The lowest BCUT2D eigenvalue weighted by atomic mass is 10.1. The Morgan fingerprint density at radius 3 is 2.62 bits per heavy atom. The van der Waals surface area contributed by atoms with Crippen molar-refractivity contribution in [1.82, 2.24) is 0 Å². The van der Waals surface area contributed by atoms with Gasteiger partial charge in [0.25, 0.3) is 0 Å². The van der Waals surface area contributed by atoms with Crippen LogP contribution >= 0.6 is 15.9 Å². The highest BCUT2D eigenvalue weighted by molar-refractivity contribution is 9.10. The number of benzene rings is 2. The van der Waals surface area contributed by atoms with Crippen molar-refractivity contribution in [1.29, 1.82) is 0 Å². The maximum Gasteiger partial charge on any atom is 0.324 e. The molecular weight excluding hydrogens is 268 g/mol. The predicted molar refractivity (Wildman–Crippen MR) is 68.0 cm³/mol. The molecule has 3 heteroatoms. The highest BCUT2D eigenvalue weighted by atomic mass is 79.9. The first-order valence-corrected chi connectivity index (χ1v) is 5.93. The number of carbonyl (C=O) groups is 1. The lowest BCUT2D eigenvalue weighted by molar-refractivity contribution is -0.133. The highest BCUT2D eigenvalue weighted by Gasteiger charge is 2.12. The molecule has 0 radical (unpaired) electrons. The summed E-state index contributed by atoms with van der Waals surface area (Å²) in [6.45, 7) is 1.74. The van der Waals surface area contributed by atoms with Crippen LogP contribution in [0.1, 0.15) is 6.92 Å². The number of halogens is 1. The van der Waals surface area contributed by atoms with Crippen LogP contribution in [-0.4, -0.2) is 10.8 Å². The van der Waals surface area contributed by atoms with E-state index in [-0.39, 0.29) is 10.8 Å². The second-order valence-electron chi connectivity index (χ2n) is 3.51. The van der Waals surface area contributed by atoms with Gasteiger partial charge in [0.15, 0.2) is 0 Å². The minimum absolute atomic E-state index is 0.281. The lowest BCUT2D eigenvalue weighted by Gasteiger charge is -2.08. The molecule has 2 nitrogen and oxygen atoms in total. The Labute approximate surface area is 102 Å². The molecule has 0 bridgehead atoms. The SMILES string of the molecule is CC(Br)C(=O)Oc1cccc2ccccc12. The summed E-state index contributed by atoms with van der Waals surface area (Å²) in [6.07, 6.45) is 0. The molecule has 0 aliphatic rings. The van der Waals surface area contributed by atoms with Gasteiger partial charge in [-0.25, -0.2) is 0 Å². The second-order valence-corrected chi connectivity index (χ2v) is 4.89. The summed E-state index contributed by atoms with van der Waals surface area (Å²) in [5.74, 6) is 0.325. The van der Waals surface area contributed by atoms with Gasteiger partial charge in [-0.1, -0.05) is 52.3 Å². The van der Waals surface area contributed by atoms with E-state index in [0.717, 1.165) is 10.8 Å². The Bertz CT molecular complexity index is 515. The van der Waals surface area contributed by atoms with E-state index in [1.54, 1.807) is 13.0 Å². The number of carbonyl (C=O) groups excluding carboxylic acids is 1. The molecule has 0 aliphatic heterocycles. The molecule has 0 aromatic heterocycles. The lowest BCUT2D eigenvalue weighted by Crippen LogP contribution is -2.17. The largest absolute Gasteiger partial charge is 0.425 e. The summed E-state index contributed by atoms with van der Waals surface area (Å²) in [4.78, 5) is 11.2. The van der Waals surface area contributed by atoms with Gasteiger partial charge in [-0.15, -0.1) is 0 Å². The van der Waals surface area contributed by atoms with E-state index in [1.807, 2.05) is 36.4 Å². The fourth-order valence-electron chi connectivity index (χ4n) is 1.47. The fourth-order valence-corrected chi connectivity index (χ4v) is 1.57. The van der Waals surface area contributed by atoms with E-state index in [4.69, 9.17) is 4.74 Å². The van der Waals surface area contributed by atoms with Crippen molar-refractivity contribution in [2.24, 2.45) is 0 Å². The van der Waals surface area contributed by atoms with Crippen molar-refractivity contribution in [3.8, 4) is 5.75 Å². The van der Waals surface area contributed by atoms with Gasteiger partial charge in [0.1, 0.15) is 10.6 Å². The van der Waals surface area contributed by atoms with Gasteiger partial charge in [0.05, 0.1) is 0 Å². The molecule has 16 heavy (non-hydrogen) atoms. The topological polar surface area (TPSA) is 26.3 Å². The van der Waals surface area contributed by atoms with Gasteiger partial charge in [0, 0.05) is 5.39 Å². The van der Waals surface area contributed by atoms with E-state index in [1.165, 1.54) is 0 Å². The number of rotatable bonds is 2. The molecule has 0 saturated heterocycles. The van der Waals surface area contributed by atoms with Gasteiger partial charge in [-0.2, -0.15) is 0 Å². The Hall–Kier alpha value is -1.35. The molecule has 0 saturated carbocycles. The molecule has 0 heterocycles. The molecule has 82 valence electrons. The van der Waals surface area contributed by atoms with Crippen LogP contribution in [0.4, 0.5) is 0 Å². The molecule has 2 aromatic carbocycles. The van der Waals surface area contributed by atoms with Crippen molar-refractivity contribution in [2.75, 3.05) is 0 Å². The first kappa shape index (κ1) is 11.1. The molecule has 0 spiro atoms. The smallest absolute Gasteiger partial charge is 0.324 e. The molecule has 2 aromatic rings. The van der Waals surface area contributed by atoms with Crippen LogP contribution in [-0.2, 0) is 4.79 Å². The van der Waals surface area contributed by atoms with E-state index in [0.29, 0.717) is 5.75 Å². The fraction of sp³-hybridized carbons (Fsp3) is 0.154. The van der Waals surface area contributed by atoms with Crippen LogP contribution in [0.2, 0.25) is 0 Å². The van der Waals surface area contributed by atoms with Gasteiger partial charge in [-0.05, 0) is 18.4 Å². The van der Waals surface area contributed by atoms with Crippen molar-refractivity contribution >= 4 is 32.7 Å². The third-order valence-electron chi connectivity index (χ3n) is 2.28. The summed E-state index contributed by atoms with van der Waals surface area (Å²) in [7, 11) is 0. The van der Waals surface area contributed by atoms with E-state index in [9.17, 15) is 4.79 Å². The van der Waals surface area contributed by atoms with Crippen LogP contribution in [0.15, 0.2) is 42.5 Å². The van der Waals surface area contributed by atoms with Crippen LogP contribution in [0, 0.1) is 0 Å². The molecular formula is C13H11BrO2. The van der Waals surface area contributed by atoms with Crippen LogP contribution in [0.25, 0.3) is 10.8 Å². The molecule has 0 amide bonds. The summed E-state index contributed by atoms with van der Waals surface area (Å²) in [6, 6.07) is 13.5. The highest BCUT2D eigenvalue weighted by Crippen LogP contribution is 2.25. The van der Waals surface area contributed by atoms with Crippen LogP contribution < -0.4 is 4.74 Å². The monoisotopic (exact) mass is 278 g/mol. The number of hydrogen-bond donors (Lipinski definition) is 0. The van der Waals surface area contributed by atoms with Gasteiger partial charge in [-0.3, -0.25) is 4.79 Å². The summed E-state index contributed by atoms with van der Waals surface area (Å²) in [5, 5.41) is 2.02. The van der Waals surface area contributed by atoms with Crippen molar-refractivity contribution in [3.63, 3.8) is 0 Å². The summed E-state index contributed by atoms with van der Waals surface area (Å²) in [5.41, 5.74) is 0. The maximum atomic E-state index is 11.5.